The Morgan fingerprint density at radius 3 is 2.17 bits per heavy atom. The third-order valence-electron chi connectivity index (χ3n) is 2.84. The van der Waals surface area contributed by atoms with E-state index in [0.29, 0.717) is 5.69 Å². The van der Waals surface area contributed by atoms with Crippen molar-refractivity contribution in [3.8, 4) is 0 Å². The van der Waals surface area contributed by atoms with Crippen LogP contribution in [0.4, 0.5) is 5.69 Å². The van der Waals surface area contributed by atoms with Crippen LogP contribution in [-0.4, -0.2) is 18.5 Å². The third kappa shape index (κ3) is 6.08. The number of benzene rings is 2. The lowest BCUT2D eigenvalue weighted by Gasteiger charge is -2.07. The first kappa shape index (κ1) is 17.6. The van der Waals surface area contributed by atoms with Crippen LogP contribution in [0.15, 0.2) is 62.8 Å². The van der Waals surface area contributed by atoms with Crippen LogP contribution in [0.25, 0.3) is 0 Å². The summed E-state index contributed by atoms with van der Waals surface area (Å²) in [6.45, 7) is 1.42. The third-order valence-corrected chi connectivity index (χ3v) is 4.38. The molecule has 6 heteroatoms. The molecule has 2 aromatic rings. The minimum atomic E-state index is -0.388. The zero-order valence-corrected chi connectivity index (χ0v) is 14.9. The summed E-state index contributed by atoms with van der Waals surface area (Å²) in [5.74, 6) is -0.735. The largest absolute Gasteiger partial charge is 0.456 e. The number of hydrogen-bond donors (Lipinski definition) is 1. The molecule has 0 fully saturated rings. The van der Waals surface area contributed by atoms with Crippen LogP contribution in [0.3, 0.4) is 0 Å². The molecule has 0 aliphatic rings. The van der Waals surface area contributed by atoms with Gasteiger partial charge in [-0.05, 0) is 48.5 Å². The topological polar surface area (TPSA) is 55.4 Å². The Labute approximate surface area is 147 Å². The predicted molar refractivity (Wildman–Crippen MR) is 94.6 cm³/mol. The van der Waals surface area contributed by atoms with Gasteiger partial charge in [-0.25, -0.2) is 0 Å². The first-order valence-corrected chi connectivity index (χ1v) is 8.66. The summed E-state index contributed by atoms with van der Waals surface area (Å²) < 4.78 is 5.82. The molecule has 0 heterocycles. The number of ether oxygens (including phenoxy) is 1. The van der Waals surface area contributed by atoms with E-state index in [1.165, 1.54) is 0 Å². The summed E-state index contributed by atoms with van der Waals surface area (Å²) in [7, 11) is 0. The molecule has 2 rings (SSSR count). The molecule has 0 spiro atoms. The van der Waals surface area contributed by atoms with Crippen LogP contribution in [0.1, 0.15) is 13.3 Å². The number of anilines is 1. The number of esters is 1. The maximum absolute atomic E-state index is 11.6. The zero-order valence-electron chi connectivity index (χ0n) is 12.5. The average molecular weight is 394 g/mol. The number of nitrogens with one attached hydrogen (secondary N) is 1. The SMILES string of the molecule is CCC(=O)OCC(=O)Nc1ccc(Sc2ccc(Br)cc2)cc1. The lowest BCUT2D eigenvalue weighted by Crippen LogP contribution is -2.20. The van der Waals surface area contributed by atoms with E-state index in [1.54, 1.807) is 18.7 Å². The van der Waals surface area contributed by atoms with Crippen LogP contribution >= 0.6 is 27.7 Å². The number of carbonyl (C=O) groups excluding carboxylic acids is 2. The molecule has 0 unspecified atom stereocenters. The van der Waals surface area contributed by atoms with E-state index in [-0.39, 0.29) is 24.9 Å². The van der Waals surface area contributed by atoms with Crippen LogP contribution < -0.4 is 5.32 Å². The van der Waals surface area contributed by atoms with Crippen LogP contribution in [0, 0.1) is 0 Å². The second-order valence-electron chi connectivity index (χ2n) is 4.64. The highest BCUT2D eigenvalue weighted by Crippen LogP contribution is 2.29. The van der Waals surface area contributed by atoms with E-state index in [9.17, 15) is 9.59 Å². The molecule has 23 heavy (non-hydrogen) atoms. The number of halogens is 1. The van der Waals surface area contributed by atoms with Gasteiger partial charge in [-0.15, -0.1) is 0 Å². The van der Waals surface area contributed by atoms with Crippen molar-refractivity contribution in [3.63, 3.8) is 0 Å². The fourth-order valence-corrected chi connectivity index (χ4v) is 2.77. The highest BCUT2D eigenvalue weighted by molar-refractivity contribution is 9.10. The van der Waals surface area contributed by atoms with Gasteiger partial charge in [0.05, 0.1) is 0 Å². The second kappa shape index (κ2) is 8.74. The fourth-order valence-electron chi connectivity index (χ4n) is 1.69. The molecule has 0 atom stereocenters. The van der Waals surface area contributed by atoms with Crippen molar-refractivity contribution >= 4 is 45.3 Å². The Morgan fingerprint density at radius 1 is 1.04 bits per heavy atom. The summed E-state index contributed by atoms with van der Waals surface area (Å²) >= 11 is 5.05. The average Bonchev–Trinajstić information content (AvgIpc) is 2.56. The van der Waals surface area contributed by atoms with Gasteiger partial charge in [0, 0.05) is 26.4 Å². The van der Waals surface area contributed by atoms with Gasteiger partial charge in [-0.3, -0.25) is 9.59 Å². The molecule has 0 radical (unpaired) electrons. The smallest absolute Gasteiger partial charge is 0.306 e. The number of amides is 1. The lowest BCUT2D eigenvalue weighted by molar-refractivity contribution is -0.146. The van der Waals surface area contributed by atoms with Gasteiger partial charge in [0.25, 0.3) is 5.91 Å². The van der Waals surface area contributed by atoms with Crippen LogP contribution in [0.2, 0.25) is 0 Å². The molecule has 0 aliphatic heterocycles. The summed E-state index contributed by atoms with van der Waals surface area (Å²) in [6, 6.07) is 15.6. The summed E-state index contributed by atoms with van der Waals surface area (Å²) in [5, 5.41) is 2.69. The normalized spacial score (nSPS) is 10.2. The Bertz CT molecular complexity index is 671. The molecule has 0 aromatic heterocycles. The minimum Gasteiger partial charge on any atom is -0.456 e. The first-order valence-electron chi connectivity index (χ1n) is 7.06. The molecule has 4 nitrogen and oxygen atoms in total. The van der Waals surface area contributed by atoms with Gasteiger partial charge in [-0.1, -0.05) is 34.6 Å². The number of rotatable bonds is 6. The molecule has 1 amide bonds. The summed E-state index contributed by atoms with van der Waals surface area (Å²) in [6.07, 6.45) is 0.259. The molecule has 1 N–H and O–H groups in total. The highest BCUT2D eigenvalue weighted by Gasteiger charge is 2.06. The summed E-state index contributed by atoms with van der Waals surface area (Å²) in [5.41, 5.74) is 0.669. The van der Waals surface area contributed by atoms with E-state index in [2.05, 4.69) is 21.2 Å². The molecule has 0 bridgehead atoms. The fraction of sp³-hybridized carbons (Fsp3) is 0.176. The van der Waals surface area contributed by atoms with Gasteiger partial charge in [0.2, 0.25) is 0 Å². The minimum absolute atomic E-state index is 0.259. The molecule has 0 saturated carbocycles. The van der Waals surface area contributed by atoms with Gasteiger partial charge in [-0.2, -0.15) is 0 Å². The van der Waals surface area contributed by atoms with E-state index in [0.717, 1.165) is 14.3 Å². The Morgan fingerprint density at radius 2 is 1.61 bits per heavy atom. The second-order valence-corrected chi connectivity index (χ2v) is 6.71. The molecule has 2 aromatic carbocycles. The predicted octanol–water partition coefficient (Wildman–Crippen LogP) is 4.49. The van der Waals surface area contributed by atoms with Crippen molar-refractivity contribution in [1.29, 1.82) is 0 Å². The highest BCUT2D eigenvalue weighted by atomic mass is 79.9. The quantitative estimate of drug-likeness (QED) is 0.734. The van der Waals surface area contributed by atoms with Gasteiger partial charge in [0.15, 0.2) is 6.61 Å². The Kier molecular flexibility index (Phi) is 6.67. The lowest BCUT2D eigenvalue weighted by atomic mass is 10.3. The van der Waals surface area contributed by atoms with Gasteiger partial charge in [0.1, 0.15) is 0 Å². The standard InChI is InChI=1S/C17H16BrNO3S/c1-2-17(21)22-11-16(20)19-13-5-9-15(10-6-13)23-14-7-3-12(18)4-8-14/h3-10H,2,11H2,1H3,(H,19,20). The van der Waals surface area contributed by atoms with Crippen molar-refractivity contribution in [1.82, 2.24) is 0 Å². The van der Waals surface area contributed by atoms with Gasteiger partial charge < -0.3 is 10.1 Å². The van der Waals surface area contributed by atoms with Gasteiger partial charge >= 0.3 is 5.97 Å². The van der Waals surface area contributed by atoms with Crippen molar-refractivity contribution in [2.45, 2.75) is 23.1 Å². The van der Waals surface area contributed by atoms with E-state index in [4.69, 9.17) is 4.74 Å². The molecule has 0 aliphatic carbocycles. The molecule has 120 valence electrons. The first-order chi connectivity index (χ1) is 11.1. The van der Waals surface area contributed by atoms with E-state index < -0.39 is 0 Å². The zero-order chi connectivity index (χ0) is 16.7. The Hall–Kier alpha value is -1.79. The van der Waals surface area contributed by atoms with Crippen molar-refractivity contribution in [2.24, 2.45) is 0 Å². The van der Waals surface area contributed by atoms with Crippen molar-refractivity contribution in [3.05, 3.63) is 53.0 Å². The van der Waals surface area contributed by atoms with E-state index >= 15 is 0 Å². The van der Waals surface area contributed by atoms with Crippen molar-refractivity contribution in [2.75, 3.05) is 11.9 Å². The summed E-state index contributed by atoms with van der Waals surface area (Å²) in [4.78, 5) is 24.9. The monoisotopic (exact) mass is 393 g/mol. The molecular weight excluding hydrogens is 378 g/mol. The van der Waals surface area contributed by atoms with Crippen molar-refractivity contribution < 1.29 is 14.3 Å². The Balaban J connectivity index is 1.87. The maximum Gasteiger partial charge on any atom is 0.306 e. The van der Waals surface area contributed by atoms with Crippen LogP contribution in [-0.2, 0) is 14.3 Å². The van der Waals surface area contributed by atoms with E-state index in [1.807, 2.05) is 48.5 Å². The number of hydrogen-bond acceptors (Lipinski definition) is 4. The number of carbonyl (C=O) groups is 2. The molecular formula is C17H16BrNO3S. The van der Waals surface area contributed by atoms with Crippen LogP contribution in [0.5, 0.6) is 0 Å². The maximum atomic E-state index is 11.6. The molecule has 0 saturated heterocycles.